The van der Waals surface area contributed by atoms with Crippen molar-refractivity contribution < 1.29 is 8.42 Å². The van der Waals surface area contributed by atoms with Crippen molar-refractivity contribution in [2.45, 2.75) is 38.8 Å². The van der Waals surface area contributed by atoms with Gasteiger partial charge in [-0.25, -0.2) is 13.1 Å². The van der Waals surface area contributed by atoms with Crippen LogP contribution in [0.2, 0.25) is 0 Å². The Morgan fingerprint density at radius 3 is 2.21 bits per heavy atom. The highest BCUT2D eigenvalue weighted by atomic mass is 79.9. The summed E-state index contributed by atoms with van der Waals surface area (Å²) in [6.45, 7) is 11.2. The number of hydrogen-bond donors (Lipinski definition) is 1. The summed E-state index contributed by atoms with van der Waals surface area (Å²) in [4.78, 5) is 0. The molecule has 0 unspecified atom stereocenters. The van der Waals surface area contributed by atoms with Crippen LogP contribution in [0.3, 0.4) is 0 Å². The monoisotopic (exact) mass is 365 g/mol. The molecular weight excluding hydrogens is 346 g/mol. The van der Waals surface area contributed by atoms with Crippen LogP contribution in [0, 0.1) is 23.7 Å². The molecule has 3 nitrogen and oxygen atoms in total. The Kier molecular flexibility index (Phi) is 3.70. The second-order valence-corrected chi connectivity index (χ2v) is 10.7. The first-order valence-electron chi connectivity index (χ1n) is 6.26. The van der Waals surface area contributed by atoms with E-state index in [4.69, 9.17) is 0 Å². The molecule has 1 fully saturated rings. The van der Waals surface area contributed by atoms with Crippen molar-refractivity contribution in [1.82, 2.24) is 4.72 Å². The van der Waals surface area contributed by atoms with E-state index in [9.17, 15) is 8.42 Å². The zero-order valence-electron chi connectivity index (χ0n) is 11.9. The normalized spacial score (nSPS) is 21.6. The van der Waals surface area contributed by atoms with Gasteiger partial charge in [0, 0.05) is 6.54 Å². The van der Waals surface area contributed by atoms with Gasteiger partial charge in [0.15, 0.2) is 0 Å². The van der Waals surface area contributed by atoms with Crippen molar-refractivity contribution >= 4 is 37.3 Å². The van der Waals surface area contributed by atoms with Crippen LogP contribution in [0.5, 0.6) is 0 Å². The molecule has 0 radical (unpaired) electrons. The van der Waals surface area contributed by atoms with Gasteiger partial charge < -0.3 is 0 Å². The van der Waals surface area contributed by atoms with E-state index in [1.165, 1.54) is 11.3 Å². The smallest absolute Gasteiger partial charge is 0.210 e. The maximum Gasteiger partial charge on any atom is 0.250 e. The molecule has 1 aliphatic carbocycles. The van der Waals surface area contributed by atoms with Gasteiger partial charge in [0.2, 0.25) is 10.0 Å². The van der Waals surface area contributed by atoms with Crippen molar-refractivity contribution in [2.24, 2.45) is 16.7 Å². The molecule has 0 bridgehead atoms. The molecule has 108 valence electrons. The number of hydrogen-bond acceptors (Lipinski definition) is 3. The highest BCUT2D eigenvalue weighted by Gasteiger charge is 2.64. The lowest BCUT2D eigenvalue weighted by Crippen LogP contribution is -2.26. The molecule has 1 N–H and O–H groups in total. The predicted molar refractivity (Wildman–Crippen MR) is 83.0 cm³/mol. The zero-order valence-corrected chi connectivity index (χ0v) is 15.1. The fourth-order valence-electron chi connectivity index (χ4n) is 2.67. The van der Waals surface area contributed by atoms with Gasteiger partial charge in [-0.2, -0.15) is 0 Å². The Bertz CT molecular complexity index is 569. The second-order valence-electron chi connectivity index (χ2n) is 6.37. The van der Waals surface area contributed by atoms with Crippen LogP contribution in [0.15, 0.2) is 14.1 Å². The molecule has 0 aliphatic heterocycles. The SMILES string of the molecule is Cc1cc(S(=O)(=O)NCC2C(C)(C)C2(C)C)sc1Br. The van der Waals surface area contributed by atoms with E-state index in [1.54, 1.807) is 6.07 Å². The van der Waals surface area contributed by atoms with Crippen LogP contribution in [-0.4, -0.2) is 15.0 Å². The fourth-order valence-corrected chi connectivity index (χ4v) is 5.99. The molecule has 0 saturated heterocycles. The minimum absolute atomic E-state index is 0.196. The van der Waals surface area contributed by atoms with Crippen molar-refractivity contribution in [2.75, 3.05) is 6.54 Å². The van der Waals surface area contributed by atoms with Crippen LogP contribution in [0.25, 0.3) is 0 Å². The minimum atomic E-state index is -3.38. The molecule has 0 atom stereocenters. The molecular formula is C13H20BrNO2S2. The van der Waals surface area contributed by atoms with Gasteiger partial charge in [-0.3, -0.25) is 0 Å². The molecule has 1 heterocycles. The van der Waals surface area contributed by atoms with Gasteiger partial charge in [0.05, 0.1) is 3.79 Å². The average Bonchev–Trinajstić information content (AvgIpc) is 2.55. The maximum atomic E-state index is 12.2. The summed E-state index contributed by atoms with van der Waals surface area (Å²) in [5, 5.41) is 0. The molecule has 0 amide bonds. The topological polar surface area (TPSA) is 46.2 Å². The van der Waals surface area contributed by atoms with Gasteiger partial charge >= 0.3 is 0 Å². The van der Waals surface area contributed by atoms with E-state index in [1.807, 2.05) is 6.92 Å². The summed E-state index contributed by atoms with van der Waals surface area (Å²) in [6.07, 6.45) is 0. The van der Waals surface area contributed by atoms with Crippen LogP contribution >= 0.6 is 27.3 Å². The number of rotatable bonds is 4. The first-order chi connectivity index (χ1) is 8.50. The van der Waals surface area contributed by atoms with Gasteiger partial charge in [-0.15, -0.1) is 11.3 Å². The quantitative estimate of drug-likeness (QED) is 0.882. The third kappa shape index (κ3) is 2.52. The van der Waals surface area contributed by atoms with Crippen molar-refractivity contribution in [3.05, 3.63) is 15.4 Å². The molecule has 1 aromatic heterocycles. The lowest BCUT2D eigenvalue weighted by atomic mass is 10.0. The Labute approximate surface area is 128 Å². The second kappa shape index (κ2) is 4.55. The van der Waals surface area contributed by atoms with E-state index in [-0.39, 0.29) is 10.8 Å². The first-order valence-corrected chi connectivity index (χ1v) is 9.35. The van der Waals surface area contributed by atoms with E-state index in [2.05, 4.69) is 48.3 Å². The highest BCUT2D eigenvalue weighted by molar-refractivity contribution is 9.11. The summed E-state index contributed by atoms with van der Waals surface area (Å²) in [7, 11) is -3.38. The molecule has 19 heavy (non-hydrogen) atoms. The summed E-state index contributed by atoms with van der Waals surface area (Å²) in [5.41, 5.74) is 1.35. The van der Waals surface area contributed by atoms with Crippen molar-refractivity contribution in [1.29, 1.82) is 0 Å². The van der Waals surface area contributed by atoms with Gasteiger partial charge in [0.1, 0.15) is 4.21 Å². The van der Waals surface area contributed by atoms with E-state index in [0.717, 1.165) is 9.35 Å². The standard InChI is InChI=1S/C13H20BrNO2S2/c1-8-6-10(18-11(8)14)19(16,17)15-7-9-12(2,3)13(9,4)5/h6,9,15H,7H2,1-5H3. The minimum Gasteiger partial charge on any atom is -0.210 e. The molecule has 1 saturated carbocycles. The Morgan fingerprint density at radius 1 is 1.32 bits per heavy atom. The number of halogens is 1. The lowest BCUT2D eigenvalue weighted by Gasteiger charge is -2.05. The van der Waals surface area contributed by atoms with E-state index >= 15 is 0 Å². The summed E-state index contributed by atoms with van der Waals surface area (Å²) >= 11 is 4.62. The lowest BCUT2D eigenvalue weighted by molar-refractivity contribution is 0.457. The zero-order chi connectivity index (χ0) is 14.6. The largest absolute Gasteiger partial charge is 0.250 e. The third-order valence-corrected chi connectivity index (χ3v) is 8.93. The molecule has 1 aromatic rings. The number of nitrogens with one attached hydrogen (secondary N) is 1. The average molecular weight is 366 g/mol. The highest BCUT2D eigenvalue weighted by Crippen LogP contribution is 2.68. The Hall–Kier alpha value is 0.0900. The van der Waals surface area contributed by atoms with Crippen molar-refractivity contribution in [3.8, 4) is 0 Å². The maximum absolute atomic E-state index is 12.2. The number of aryl methyl sites for hydroxylation is 1. The van der Waals surface area contributed by atoms with Crippen LogP contribution < -0.4 is 4.72 Å². The summed E-state index contributed by atoms with van der Waals surface area (Å²) in [6, 6.07) is 1.71. The first kappa shape index (κ1) is 15.5. The van der Waals surface area contributed by atoms with Crippen LogP contribution in [-0.2, 0) is 10.0 Å². The fraction of sp³-hybridized carbons (Fsp3) is 0.692. The molecule has 1 aliphatic rings. The number of thiophene rings is 1. The molecule has 6 heteroatoms. The van der Waals surface area contributed by atoms with Crippen LogP contribution in [0.4, 0.5) is 0 Å². The molecule has 2 rings (SSSR count). The Morgan fingerprint density at radius 2 is 1.84 bits per heavy atom. The molecule has 0 aromatic carbocycles. The molecule has 0 spiro atoms. The summed E-state index contributed by atoms with van der Waals surface area (Å²) in [5.74, 6) is 0.388. The third-order valence-electron chi connectivity index (χ3n) is 4.90. The predicted octanol–water partition coefficient (Wildman–Crippen LogP) is 3.78. The Balaban J connectivity index is 2.08. The van der Waals surface area contributed by atoms with Crippen molar-refractivity contribution in [3.63, 3.8) is 0 Å². The van der Waals surface area contributed by atoms with E-state index < -0.39 is 10.0 Å². The van der Waals surface area contributed by atoms with Crippen LogP contribution in [0.1, 0.15) is 33.3 Å². The van der Waals surface area contributed by atoms with Gasteiger partial charge in [0.25, 0.3) is 0 Å². The van der Waals surface area contributed by atoms with E-state index in [0.29, 0.717) is 16.7 Å². The van der Waals surface area contributed by atoms with Gasteiger partial charge in [-0.1, -0.05) is 27.7 Å². The number of sulfonamides is 1. The summed E-state index contributed by atoms with van der Waals surface area (Å²) < 4.78 is 28.5. The van der Waals surface area contributed by atoms with Gasteiger partial charge in [-0.05, 0) is 51.2 Å².